The molecule has 1 N–H and O–H groups in total. The van der Waals surface area contributed by atoms with Gasteiger partial charge in [-0.25, -0.2) is 0 Å². The topological polar surface area (TPSA) is 41.3 Å². The fourth-order valence-corrected chi connectivity index (χ4v) is 2.31. The number of aryl methyl sites for hydroxylation is 1. The molecule has 1 fully saturated rings. The van der Waals surface area contributed by atoms with Gasteiger partial charge in [0.25, 0.3) is 0 Å². The lowest BCUT2D eigenvalue weighted by Crippen LogP contribution is -2.40. The molecule has 0 aromatic carbocycles. The summed E-state index contributed by atoms with van der Waals surface area (Å²) >= 11 is 0. The SMILES string of the molecule is CCn1cc(CN(CCCO)C2CCC2)cn1. The zero-order valence-corrected chi connectivity index (χ0v) is 10.7. The van der Waals surface area contributed by atoms with Crippen LogP contribution in [0.2, 0.25) is 0 Å². The van der Waals surface area contributed by atoms with Crippen molar-refractivity contribution in [1.29, 1.82) is 0 Å². The smallest absolute Gasteiger partial charge is 0.0534 e. The highest BCUT2D eigenvalue weighted by atomic mass is 16.3. The normalized spacial score (nSPS) is 16.4. The quantitative estimate of drug-likeness (QED) is 0.784. The molecule has 1 aliphatic rings. The third kappa shape index (κ3) is 3.30. The Bertz CT molecular complexity index is 333. The Morgan fingerprint density at radius 2 is 2.35 bits per heavy atom. The molecule has 0 bridgehead atoms. The molecule has 0 spiro atoms. The summed E-state index contributed by atoms with van der Waals surface area (Å²) in [6.45, 7) is 5.30. The van der Waals surface area contributed by atoms with E-state index < -0.39 is 0 Å². The van der Waals surface area contributed by atoms with Crippen LogP contribution in [0.25, 0.3) is 0 Å². The van der Waals surface area contributed by atoms with Crippen molar-refractivity contribution < 1.29 is 5.11 Å². The third-order valence-electron chi connectivity index (χ3n) is 3.59. The Hall–Kier alpha value is -0.870. The van der Waals surface area contributed by atoms with Crippen molar-refractivity contribution in [2.75, 3.05) is 13.2 Å². The standard InChI is InChI=1S/C13H23N3O/c1-2-16-11-12(9-14-16)10-15(7-4-8-17)13-5-3-6-13/h9,11,13,17H,2-8,10H2,1H3. The Balaban J connectivity index is 1.90. The van der Waals surface area contributed by atoms with Crippen LogP contribution in [0.3, 0.4) is 0 Å². The van der Waals surface area contributed by atoms with Gasteiger partial charge in [0.15, 0.2) is 0 Å². The van der Waals surface area contributed by atoms with Crippen LogP contribution in [0, 0.1) is 0 Å². The van der Waals surface area contributed by atoms with Crippen LogP contribution < -0.4 is 0 Å². The number of aliphatic hydroxyl groups is 1. The molecule has 0 aliphatic heterocycles. The second-order valence-electron chi connectivity index (χ2n) is 4.84. The Kier molecular flexibility index (Phi) is 4.57. The first-order chi connectivity index (χ1) is 8.33. The summed E-state index contributed by atoms with van der Waals surface area (Å²) in [4.78, 5) is 2.50. The second kappa shape index (κ2) is 6.17. The molecule has 17 heavy (non-hydrogen) atoms. The lowest BCUT2D eigenvalue weighted by atomic mass is 9.91. The van der Waals surface area contributed by atoms with E-state index in [1.807, 2.05) is 10.9 Å². The predicted molar refractivity (Wildman–Crippen MR) is 67.7 cm³/mol. The van der Waals surface area contributed by atoms with E-state index in [1.165, 1.54) is 24.8 Å². The molecule has 0 unspecified atom stereocenters. The maximum atomic E-state index is 8.95. The van der Waals surface area contributed by atoms with Gasteiger partial charge in [0.1, 0.15) is 0 Å². The minimum atomic E-state index is 0.289. The number of hydrogen-bond acceptors (Lipinski definition) is 3. The number of aliphatic hydroxyl groups excluding tert-OH is 1. The minimum absolute atomic E-state index is 0.289. The van der Waals surface area contributed by atoms with Crippen molar-refractivity contribution in [3.8, 4) is 0 Å². The molecule has 1 heterocycles. The summed E-state index contributed by atoms with van der Waals surface area (Å²) in [6, 6.07) is 0.728. The third-order valence-corrected chi connectivity index (χ3v) is 3.59. The van der Waals surface area contributed by atoms with Crippen molar-refractivity contribution in [2.45, 2.75) is 51.7 Å². The van der Waals surface area contributed by atoms with E-state index in [0.29, 0.717) is 0 Å². The predicted octanol–water partition coefficient (Wildman–Crippen LogP) is 1.64. The van der Waals surface area contributed by atoms with E-state index >= 15 is 0 Å². The van der Waals surface area contributed by atoms with Crippen molar-refractivity contribution in [3.63, 3.8) is 0 Å². The molecule has 0 atom stereocenters. The van der Waals surface area contributed by atoms with Crippen LogP contribution in [0.1, 0.15) is 38.2 Å². The molecule has 0 radical (unpaired) electrons. The van der Waals surface area contributed by atoms with Crippen molar-refractivity contribution in [1.82, 2.24) is 14.7 Å². The number of hydrogen-bond donors (Lipinski definition) is 1. The van der Waals surface area contributed by atoms with Crippen LogP contribution in [0.5, 0.6) is 0 Å². The van der Waals surface area contributed by atoms with E-state index in [1.54, 1.807) is 0 Å². The minimum Gasteiger partial charge on any atom is -0.396 e. The molecule has 0 saturated heterocycles. The lowest BCUT2D eigenvalue weighted by Gasteiger charge is -2.37. The molecular weight excluding hydrogens is 214 g/mol. The first-order valence-corrected chi connectivity index (χ1v) is 6.69. The molecule has 96 valence electrons. The van der Waals surface area contributed by atoms with Gasteiger partial charge in [-0.3, -0.25) is 9.58 Å². The van der Waals surface area contributed by atoms with Gasteiger partial charge in [0.05, 0.1) is 6.20 Å². The van der Waals surface area contributed by atoms with Gasteiger partial charge >= 0.3 is 0 Å². The molecule has 4 heteroatoms. The maximum Gasteiger partial charge on any atom is 0.0534 e. The molecule has 0 amide bonds. The van der Waals surface area contributed by atoms with Crippen LogP contribution in [0.15, 0.2) is 12.4 Å². The maximum absolute atomic E-state index is 8.95. The highest BCUT2D eigenvalue weighted by molar-refractivity contribution is 5.04. The fourth-order valence-electron chi connectivity index (χ4n) is 2.31. The molecule has 1 aromatic heterocycles. The summed E-state index contributed by atoms with van der Waals surface area (Å²) < 4.78 is 1.97. The highest BCUT2D eigenvalue weighted by Gasteiger charge is 2.24. The van der Waals surface area contributed by atoms with Gasteiger partial charge in [0.2, 0.25) is 0 Å². The van der Waals surface area contributed by atoms with E-state index in [4.69, 9.17) is 5.11 Å². The highest BCUT2D eigenvalue weighted by Crippen LogP contribution is 2.26. The number of nitrogens with zero attached hydrogens (tertiary/aromatic N) is 3. The van der Waals surface area contributed by atoms with Crippen LogP contribution in [-0.2, 0) is 13.1 Å². The Labute approximate surface area is 103 Å². The van der Waals surface area contributed by atoms with Gasteiger partial charge in [-0.2, -0.15) is 5.10 Å². The van der Waals surface area contributed by atoms with Crippen molar-refractivity contribution in [3.05, 3.63) is 18.0 Å². The lowest BCUT2D eigenvalue weighted by molar-refractivity contribution is 0.109. The Morgan fingerprint density at radius 3 is 2.88 bits per heavy atom. The molecule has 2 rings (SSSR count). The molecular formula is C13H23N3O. The van der Waals surface area contributed by atoms with Gasteiger partial charge in [-0.05, 0) is 26.2 Å². The molecule has 1 aromatic rings. The first kappa shape index (κ1) is 12.6. The summed E-state index contributed by atoms with van der Waals surface area (Å²) in [5, 5.41) is 13.3. The largest absolute Gasteiger partial charge is 0.396 e. The average Bonchev–Trinajstić information content (AvgIpc) is 2.71. The summed E-state index contributed by atoms with van der Waals surface area (Å²) in [5.41, 5.74) is 1.29. The Morgan fingerprint density at radius 1 is 1.53 bits per heavy atom. The summed E-state index contributed by atoms with van der Waals surface area (Å²) in [6.07, 6.45) is 8.95. The molecule has 1 saturated carbocycles. The van der Waals surface area contributed by atoms with Gasteiger partial charge in [0, 0.05) is 44.0 Å². The first-order valence-electron chi connectivity index (χ1n) is 6.69. The molecule has 1 aliphatic carbocycles. The van der Waals surface area contributed by atoms with Crippen molar-refractivity contribution >= 4 is 0 Å². The van der Waals surface area contributed by atoms with Crippen molar-refractivity contribution in [2.24, 2.45) is 0 Å². The van der Waals surface area contributed by atoms with Gasteiger partial charge in [-0.15, -0.1) is 0 Å². The van der Waals surface area contributed by atoms with Crippen LogP contribution >= 0.6 is 0 Å². The second-order valence-corrected chi connectivity index (χ2v) is 4.84. The van der Waals surface area contributed by atoms with E-state index in [9.17, 15) is 0 Å². The zero-order valence-electron chi connectivity index (χ0n) is 10.7. The van der Waals surface area contributed by atoms with Crippen LogP contribution in [0.4, 0.5) is 0 Å². The van der Waals surface area contributed by atoms with E-state index in [2.05, 4.69) is 23.1 Å². The zero-order chi connectivity index (χ0) is 12.1. The van der Waals surface area contributed by atoms with Gasteiger partial charge < -0.3 is 5.11 Å². The average molecular weight is 237 g/mol. The van der Waals surface area contributed by atoms with Crippen LogP contribution in [-0.4, -0.2) is 39.0 Å². The fraction of sp³-hybridized carbons (Fsp3) is 0.769. The monoisotopic (exact) mass is 237 g/mol. The summed E-state index contributed by atoms with van der Waals surface area (Å²) in [5.74, 6) is 0. The summed E-state index contributed by atoms with van der Waals surface area (Å²) in [7, 11) is 0. The van der Waals surface area contributed by atoms with Gasteiger partial charge in [-0.1, -0.05) is 6.42 Å². The van der Waals surface area contributed by atoms with E-state index in [-0.39, 0.29) is 6.61 Å². The van der Waals surface area contributed by atoms with E-state index in [0.717, 1.165) is 32.1 Å². The number of aromatic nitrogens is 2. The number of rotatable bonds is 7. The molecule has 4 nitrogen and oxygen atoms in total.